The minimum Gasteiger partial charge on any atom is -0.465 e. The Balaban J connectivity index is 3.53. The normalized spacial score (nSPS) is 11.8. The molecule has 0 saturated carbocycles. The van der Waals surface area contributed by atoms with E-state index in [-0.39, 0.29) is 18.0 Å². The number of methoxy groups -OCH3 is 1. The van der Waals surface area contributed by atoms with E-state index >= 15 is 0 Å². The van der Waals surface area contributed by atoms with Gasteiger partial charge in [-0.15, -0.1) is 0 Å². The molecule has 0 amide bonds. The fourth-order valence-corrected chi connectivity index (χ4v) is 0.866. The molecular formula is C7H18N4O2+2. The minimum absolute atomic E-state index is 0.193. The van der Waals surface area contributed by atoms with E-state index < -0.39 is 0 Å². The largest absolute Gasteiger partial charge is 0.465 e. The predicted octanol–water partition coefficient (Wildman–Crippen LogP) is -4.10. The SMILES string of the molecule is COC(=O)[C@@H]([NH3+])CCC[NH+]=C(N)N. The van der Waals surface area contributed by atoms with Crippen molar-refractivity contribution in [3.63, 3.8) is 0 Å². The molecule has 6 nitrogen and oxygen atoms in total. The monoisotopic (exact) mass is 190 g/mol. The number of guanidine groups is 1. The molecule has 0 fully saturated rings. The summed E-state index contributed by atoms with van der Waals surface area (Å²) in [6.45, 7) is 0.644. The van der Waals surface area contributed by atoms with Crippen LogP contribution in [0, 0.1) is 0 Å². The smallest absolute Gasteiger partial charge is 0.364 e. The zero-order chi connectivity index (χ0) is 10.3. The van der Waals surface area contributed by atoms with Gasteiger partial charge in [-0.2, -0.15) is 0 Å². The number of quaternary nitrogens is 1. The van der Waals surface area contributed by atoms with Crippen LogP contribution in [0.25, 0.3) is 0 Å². The maximum Gasteiger partial charge on any atom is 0.364 e. The molecule has 0 rings (SSSR count). The van der Waals surface area contributed by atoms with Crippen LogP contribution in [0.3, 0.4) is 0 Å². The van der Waals surface area contributed by atoms with Crippen molar-refractivity contribution < 1.29 is 20.3 Å². The van der Waals surface area contributed by atoms with E-state index in [4.69, 9.17) is 11.5 Å². The first-order valence-corrected chi connectivity index (χ1v) is 4.10. The van der Waals surface area contributed by atoms with Crippen molar-refractivity contribution in [2.75, 3.05) is 13.7 Å². The summed E-state index contributed by atoms with van der Waals surface area (Å²) in [5, 5.41) is 0. The highest BCUT2D eigenvalue weighted by Gasteiger charge is 2.16. The van der Waals surface area contributed by atoms with Gasteiger partial charge < -0.3 is 10.5 Å². The maximum absolute atomic E-state index is 10.9. The fourth-order valence-electron chi connectivity index (χ4n) is 0.866. The molecule has 0 aliphatic rings. The van der Waals surface area contributed by atoms with Crippen LogP contribution in [0.15, 0.2) is 0 Å². The van der Waals surface area contributed by atoms with Crippen molar-refractivity contribution >= 4 is 11.9 Å². The molecule has 0 aliphatic heterocycles. The second-order valence-electron chi connectivity index (χ2n) is 2.74. The number of esters is 1. The molecule has 76 valence electrons. The summed E-state index contributed by atoms with van der Waals surface area (Å²) >= 11 is 0. The van der Waals surface area contributed by atoms with Crippen molar-refractivity contribution in [3.8, 4) is 0 Å². The summed E-state index contributed by atoms with van der Waals surface area (Å²) in [6.07, 6.45) is 1.44. The molecule has 0 spiro atoms. The Morgan fingerprint density at radius 3 is 2.69 bits per heavy atom. The number of nitrogens with two attached hydrogens (primary N) is 2. The molecule has 0 aliphatic carbocycles. The number of carbonyl (C=O) groups is 1. The van der Waals surface area contributed by atoms with Crippen molar-refractivity contribution in [2.45, 2.75) is 18.9 Å². The minimum atomic E-state index is -0.314. The standard InChI is InChI=1S/C7H16N4O2/c1-13-6(12)5(8)3-2-4-11-7(9)10/h5H,2-4,8H2,1H3,(H4,9,10,11)/p+2/t5-/m0/s1. The lowest BCUT2D eigenvalue weighted by molar-refractivity contribution is -0.463. The molecule has 6 heteroatoms. The van der Waals surface area contributed by atoms with E-state index in [2.05, 4.69) is 15.5 Å². The van der Waals surface area contributed by atoms with E-state index in [1.165, 1.54) is 7.11 Å². The third-order valence-corrected chi connectivity index (χ3v) is 1.59. The molecular weight excluding hydrogens is 172 g/mol. The van der Waals surface area contributed by atoms with Crippen LogP contribution in [-0.4, -0.2) is 31.6 Å². The Morgan fingerprint density at radius 2 is 2.23 bits per heavy atom. The fraction of sp³-hybridized carbons (Fsp3) is 0.714. The lowest BCUT2D eigenvalue weighted by Crippen LogP contribution is -2.78. The van der Waals surface area contributed by atoms with Gasteiger partial charge in [0.2, 0.25) is 0 Å². The third-order valence-electron chi connectivity index (χ3n) is 1.59. The average Bonchev–Trinajstić information content (AvgIpc) is 2.10. The van der Waals surface area contributed by atoms with Gasteiger partial charge in [0.1, 0.15) is 0 Å². The van der Waals surface area contributed by atoms with E-state index in [0.29, 0.717) is 13.0 Å². The van der Waals surface area contributed by atoms with E-state index in [9.17, 15) is 4.79 Å². The Morgan fingerprint density at radius 1 is 1.62 bits per heavy atom. The predicted molar refractivity (Wildman–Crippen MR) is 47.1 cm³/mol. The molecule has 13 heavy (non-hydrogen) atoms. The number of rotatable bonds is 5. The van der Waals surface area contributed by atoms with Gasteiger partial charge >= 0.3 is 11.9 Å². The molecule has 0 aromatic rings. The quantitative estimate of drug-likeness (QED) is 0.152. The summed E-state index contributed by atoms with van der Waals surface area (Å²) in [6, 6.07) is -0.314. The molecule has 0 aromatic heterocycles. The Bertz CT molecular complexity index is 189. The Kier molecular flexibility index (Phi) is 5.62. The van der Waals surface area contributed by atoms with Crippen molar-refractivity contribution in [1.82, 2.24) is 0 Å². The van der Waals surface area contributed by atoms with Gasteiger partial charge in [-0.25, -0.2) is 4.79 Å². The van der Waals surface area contributed by atoms with Crippen LogP contribution in [0.2, 0.25) is 0 Å². The Hall–Kier alpha value is -1.30. The van der Waals surface area contributed by atoms with Gasteiger partial charge in [-0.05, 0) is 6.42 Å². The lowest BCUT2D eigenvalue weighted by Gasteiger charge is -2.03. The van der Waals surface area contributed by atoms with Crippen LogP contribution in [0.5, 0.6) is 0 Å². The topological polar surface area (TPSA) is 120 Å². The second-order valence-corrected chi connectivity index (χ2v) is 2.74. The van der Waals surface area contributed by atoms with Crippen LogP contribution in [-0.2, 0) is 9.53 Å². The molecule has 8 N–H and O–H groups in total. The first-order chi connectivity index (χ1) is 6.07. The average molecular weight is 190 g/mol. The first kappa shape index (κ1) is 11.7. The molecule has 0 saturated heterocycles. The van der Waals surface area contributed by atoms with Crippen LogP contribution in [0.4, 0.5) is 0 Å². The van der Waals surface area contributed by atoms with Gasteiger partial charge in [0, 0.05) is 6.42 Å². The van der Waals surface area contributed by atoms with Crippen molar-refractivity contribution in [2.24, 2.45) is 11.5 Å². The van der Waals surface area contributed by atoms with Crippen molar-refractivity contribution in [1.29, 1.82) is 0 Å². The number of nitrogens with one attached hydrogen (secondary N) is 1. The number of hydrogen-bond acceptors (Lipinski definition) is 2. The molecule has 0 aromatic carbocycles. The van der Waals surface area contributed by atoms with E-state index in [0.717, 1.165) is 6.42 Å². The number of ether oxygens (including phenoxy) is 1. The maximum atomic E-state index is 10.9. The molecule has 0 heterocycles. The highest BCUT2D eigenvalue weighted by molar-refractivity contribution is 5.73. The highest BCUT2D eigenvalue weighted by Crippen LogP contribution is 1.91. The van der Waals surface area contributed by atoms with E-state index in [1.807, 2.05) is 0 Å². The van der Waals surface area contributed by atoms with Gasteiger partial charge in [0.05, 0.1) is 13.7 Å². The van der Waals surface area contributed by atoms with Gasteiger partial charge in [0.15, 0.2) is 6.04 Å². The first-order valence-electron chi connectivity index (χ1n) is 4.10. The second kappa shape index (κ2) is 6.24. The van der Waals surface area contributed by atoms with Crippen LogP contribution >= 0.6 is 0 Å². The van der Waals surface area contributed by atoms with Gasteiger partial charge in [0.25, 0.3) is 0 Å². The van der Waals surface area contributed by atoms with Crippen LogP contribution in [0.1, 0.15) is 12.8 Å². The summed E-state index contributed by atoms with van der Waals surface area (Å²) < 4.78 is 4.51. The highest BCUT2D eigenvalue weighted by atomic mass is 16.5. The summed E-state index contributed by atoms with van der Waals surface area (Å²) in [7, 11) is 1.35. The zero-order valence-electron chi connectivity index (χ0n) is 7.88. The molecule has 0 unspecified atom stereocenters. The van der Waals surface area contributed by atoms with Crippen LogP contribution < -0.4 is 22.2 Å². The summed E-state index contributed by atoms with van der Waals surface area (Å²) in [4.78, 5) is 13.6. The lowest BCUT2D eigenvalue weighted by atomic mass is 10.2. The molecule has 1 atom stereocenters. The number of hydrogen-bond donors (Lipinski definition) is 4. The van der Waals surface area contributed by atoms with E-state index in [1.54, 1.807) is 0 Å². The zero-order valence-corrected chi connectivity index (χ0v) is 7.88. The summed E-state index contributed by atoms with van der Waals surface area (Å²) in [5.74, 6) is -0.0941. The van der Waals surface area contributed by atoms with Gasteiger partial charge in [-0.3, -0.25) is 16.5 Å². The van der Waals surface area contributed by atoms with Gasteiger partial charge in [-0.1, -0.05) is 0 Å². The number of carbonyl (C=O) groups excluding carboxylic acids is 1. The molecule has 0 bridgehead atoms. The van der Waals surface area contributed by atoms with Crippen molar-refractivity contribution in [3.05, 3.63) is 0 Å². The molecule has 0 radical (unpaired) electrons. The summed E-state index contributed by atoms with van der Waals surface area (Å²) in [5.41, 5.74) is 14.0. The Labute approximate surface area is 77.1 Å². The third kappa shape index (κ3) is 5.92.